The van der Waals surface area contributed by atoms with Crippen molar-refractivity contribution in [3.63, 3.8) is 0 Å². The number of benzene rings is 7. The van der Waals surface area contributed by atoms with Crippen molar-refractivity contribution in [3.8, 4) is 67.2 Å². The van der Waals surface area contributed by atoms with Crippen molar-refractivity contribution < 1.29 is 0 Å². The number of rotatable bonds is 2. The van der Waals surface area contributed by atoms with Crippen LogP contribution in [-0.4, -0.2) is 9.97 Å². The van der Waals surface area contributed by atoms with Crippen molar-refractivity contribution in [2.24, 2.45) is 0 Å². The van der Waals surface area contributed by atoms with Crippen LogP contribution in [0.25, 0.3) is 78.1 Å². The van der Waals surface area contributed by atoms with E-state index in [2.05, 4.69) is 158 Å². The smallest absolute Gasteiger partial charge is 0.160 e. The van der Waals surface area contributed by atoms with Gasteiger partial charge < -0.3 is 0 Å². The zero-order chi connectivity index (χ0) is 30.7. The predicted molar refractivity (Wildman–Crippen MR) is 191 cm³/mol. The summed E-state index contributed by atoms with van der Waals surface area (Å²) in [5.74, 6) is 0.760. The van der Waals surface area contributed by atoms with Gasteiger partial charge in [-0.2, -0.15) is 0 Å². The third-order valence-corrected chi connectivity index (χ3v) is 10.7. The number of nitrogens with zero attached hydrogens (tertiary/aromatic N) is 2. The summed E-state index contributed by atoms with van der Waals surface area (Å²) in [7, 11) is 0. The van der Waals surface area contributed by atoms with E-state index in [0.29, 0.717) is 0 Å². The molecule has 216 valence electrons. The highest BCUT2D eigenvalue weighted by Gasteiger charge is 2.51. The summed E-state index contributed by atoms with van der Waals surface area (Å²) in [6.45, 7) is 0. The fraction of sp³-hybridized carbons (Fsp3) is 0.0222. The Morgan fingerprint density at radius 1 is 0.340 bits per heavy atom. The second kappa shape index (κ2) is 8.99. The van der Waals surface area contributed by atoms with Crippen LogP contribution in [0.15, 0.2) is 158 Å². The monoisotopic (exact) mass is 594 g/mol. The molecular weight excluding hydrogens is 569 g/mol. The maximum atomic E-state index is 5.14. The molecule has 3 aliphatic rings. The predicted octanol–water partition coefficient (Wildman–Crippen LogP) is 11.0. The number of hydrogen-bond acceptors (Lipinski definition) is 2. The third kappa shape index (κ3) is 3.15. The Labute approximate surface area is 272 Å². The van der Waals surface area contributed by atoms with Gasteiger partial charge in [0.15, 0.2) is 5.82 Å². The van der Waals surface area contributed by atoms with Crippen LogP contribution in [0, 0.1) is 0 Å². The van der Waals surface area contributed by atoms with Crippen molar-refractivity contribution in [1.82, 2.24) is 9.97 Å². The highest BCUT2D eigenvalue weighted by Crippen LogP contribution is 2.63. The molecule has 1 heterocycles. The Morgan fingerprint density at radius 2 is 0.851 bits per heavy atom. The van der Waals surface area contributed by atoms with E-state index in [1.807, 2.05) is 0 Å². The van der Waals surface area contributed by atoms with Crippen molar-refractivity contribution in [2.45, 2.75) is 5.41 Å². The van der Waals surface area contributed by atoms with Gasteiger partial charge in [0, 0.05) is 16.5 Å². The first-order valence-electron chi connectivity index (χ1n) is 16.3. The van der Waals surface area contributed by atoms with Crippen LogP contribution in [-0.2, 0) is 5.41 Å². The van der Waals surface area contributed by atoms with Crippen LogP contribution >= 0.6 is 0 Å². The Morgan fingerprint density at radius 3 is 1.51 bits per heavy atom. The minimum absolute atomic E-state index is 0.341. The van der Waals surface area contributed by atoms with Gasteiger partial charge in [0.05, 0.1) is 16.6 Å². The molecule has 8 aromatic rings. The molecule has 0 saturated carbocycles. The summed E-state index contributed by atoms with van der Waals surface area (Å²) in [6.07, 6.45) is 0. The molecular formula is C45H26N2. The van der Waals surface area contributed by atoms with Gasteiger partial charge in [-0.1, -0.05) is 146 Å². The normalized spacial score (nSPS) is 13.7. The van der Waals surface area contributed by atoms with Crippen molar-refractivity contribution in [2.75, 3.05) is 0 Å². The summed E-state index contributed by atoms with van der Waals surface area (Å²) in [5, 5.41) is 1.15. The number of hydrogen-bond donors (Lipinski definition) is 0. The minimum atomic E-state index is -0.341. The zero-order valence-corrected chi connectivity index (χ0v) is 25.4. The van der Waals surface area contributed by atoms with Gasteiger partial charge in [-0.25, -0.2) is 9.97 Å². The van der Waals surface area contributed by atoms with Gasteiger partial charge in [0.2, 0.25) is 0 Å². The molecule has 11 rings (SSSR count). The molecule has 1 spiro atoms. The highest BCUT2D eigenvalue weighted by molar-refractivity contribution is 6.13. The van der Waals surface area contributed by atoms with E-state index in [-0.39, 0.29) is 5.41 Å². The van der Waals surface area contributed by atoms with E-state index >= 15 is 0 Å². The van der Waals surface area contributed by atoms with Crippen molar-refractivity contribution in [3.05, 3.63) is 180 Å². The lowest BCUT2D eigenvalue weighted by molar-refractivity contribution is 0.794. The first-order chi connectivity index (χ1) is 23.3. The summed E-state index contributed by atoms with van der Waals surface area (Å²) in [4.78, 5) is 10.2. The van der Waals surface area contributed by atoms with Crippen LogP contribution in [0.2, 0.25) is 0 Å². The number of fused-ring (bicyclic) bond motifs is 13. The van der Waals surface area contributed by atoms with Gasteiger partial charge in [-0.15, -0.1) is 0 Å². The van der Waals surface area contributed by atoms with Crippen molar-refractivity contribution >= 4 is 10.9 Å². The summed E-state index contributed by atoms with van der Waals surface area (Å²) in [6, 6.07) is 57.7. The highest BCUT2D eigenvalue weighted by atomic mass is 14.9. The molecule has 47 heavy (non-hydrogen) atoms. The van der Waals surface area contributed by atoms with Crippen molar-refractivity contribution in [1.29, 1.82) is 0 Å². The SMILES string of the molecule is c1ccc2c(c1)-c1cccc3nc(-c4ccc(-c5ccc6c(c5)C5(c7ccccc7-c7ccccc75)c5ccccc5-6)cc4)nc-2c13. The first kappa shape index (κ1) is 25.1. The topological polar surface area (TPSA) is 25.8 Å². The molecule has 3 aliphatic carbocycles. The molecule has 0 fully saturated rings. The Bertz CT molecular complexity index is 2570. The molecule has 2 heteroatoms. The lowest BCUT2D eigenvalue weighted by atomic mass is 9.70. The van der Waals surface area contributed by atoms with Crippen LogP contribution in [0.5, 0.6) is 0 Å². The van der Waals surface area contributed by atoms with E-state index in [1.54, 1.807) is 0 Å². The fourth-order valence-electron chi connectivity index (χ4n) is 8.74. The maximum Gasteiger partial charge on any atom is 0.160 e. The van der Waals surface area contributed by atoms with E-state index in [4.69, 9.17) is 9.97 Å². The van der Waals surface area contributed by atoms with Gasteiger partial charge in [0.25, 0.3) is 0 Å². The molecule has 0 bridgehead atoms. The summed E-state index contributed by atoms with van der Waals surface area (Å²) < 4.78 is 0. The molecule has 2 nitrogen and oxygen atoms in total. The Hall–Kier alpha value is -6.12. The second-order valence-electron chi connectivity index (χ2n) is 12.9. The molecule has 0 N–H and O–H groups in total. The van der Waals surface area contributed by atoms with Gasteiger partial charge >= 0.3 is 0 Å². The largest absolute Gasteiger partial charge is 0.228 e. The molecule has 0 atom stereocenters. The molecule has 0 amide bonds. The zero-order valence-electron chi connectivity index (χ0n) is 25.4. The average molecular weight is 595 g/mol. The quantitative estimate of drug-likeness (QED) is 0.199. The molecule has 7 aromatic carbocycles. The molecule has 1 aromatic heterocycles. The van der Waals surface area contributed by atoms with Crippen LogP contribution < -0.4 is 0 Å². The third-order valence-electron chi connectivity index (χ3n) is 10.7. The van der Waals surface area contributed by atoms with Gasteiger partial charge in [-0.3, -0.25) is 0 Å². The molecule has 0 unspecified atom stereocenters. The van der Waals surface area contributed by atoms with E-state index in [9.17, 15) is 0 Å². The summed E-state index contributed by atoms with van der Waals surface area (Å²) >= 11 is 0. The lowest BCUT2D eigenvalue weighted by Crippen LogP contribution is -2.25. The van der Waals surface area contributed by atoms with Crippen LogP contribution in [0.4, 0.5) is 0 Å². The fourth-order valence-corrected chi connectivity index (χ4v) is 8.74. The lowest BCUT2D eigenvalue weighted by Gasteiger charge is -2.30. The van der Waals surface area contributed by atoms with Crippen LogP contribution in [0.1, 0.15) is 22.3 Å². The van der Waals surface area contributed by atoms with E-state index < -0.39 is 0 Å². The van der Waals surface area contributed by atoms with E-state index in [1.165, 1.54) is 72.3 Å². The maximum absolute atomic E-state index is 5.14. The average Bonchev–Trinajstić information content (AvgIpc) is 3.74. The standard InChI is InChI=1S/C45H26N2/c1-2-14-36-30(10-1)35-15-9-19-41-42(35)43(36)47-44(46-41)28-22-20-27(21-23-28)29-24-25-34-33-13-5-8-18-39(33)45(40(34)26-29)37-16-6-3-11-31(37)32-12-4-7-17-38(32)45/h1-26H. The Kier molecular flexibility index (Phi) is 4.80. The number of aromatic nitrogens is 2. The molecule has 0 saturated heterocycles. The van der Waals surface area contributed by atoms with E-state index in [0.717, 1.165) is 28.0 Å². The molecule has 0 radical (unpaired) electrons. The van der Waals surface area contributed by atoms with Gasteiger partial charge in [0.1, 0.15) is 0 Å². The summed E-state index contributed by atoms with van der Waals surface area (Å²) in [5.41, 5.74) is 19.5. The van der Waals surface area contributed by atoms with Crippen LogP contribution in [0.3, 0.4) is 0 Å². The molecule has 0 aliphatic heterocycles. The second-order valence-corrected chi connectivity index (χ2v) is 12.9. The van der Waals surface area contributed by atoms with Gasteiger partial charge in [-0.05, 0) is 78.9 Å². The Balaban J connectivity index is 1.06. The minimum Gasteiger partial charge on any atom is -0.228 e. The first-order valence-corrected chi connectivity index (χ1v) is 16.3.